The van der Waals surface area contributed by atoms with Crippen molar-refractivity contribution in [3.63, 3.8) is 0 Å². The van der Waals surface area contributed by atoms with Crippen molar-refractivity contribution in [2.75, 3.05) is 11.9 Å². The van der Waals surface area contributed by atoms with Crippen LogP contribution in [-0.2, 0) is 0 Å². The smallest absolute Gasteiger partial charge is 0.347 e. The van der Waals surface area contributed by atoms with Gasteiger partial charge in [0.1, 0.15) is 4.88 Å². The first kappa shape index (κ1) is 11.5. The lowest BCUT2D eigenvalue weighted by atomic mass is 10.2. The van der Waals surface area contributed by atoms with E-state index in [0.29, 0.717) is 11.6 Å². The van der Waals surface area contributed by atoms with Crippen LogP contribution in [0.5, 0.6) is 0 Å². The van der Waals surface area contributed by atoms with Gasteiger partial charge in [-0.3, -0.25) is 0 Å². The van der Waals surface area contributed by atoms with Crippen LogP contribution in [0.15, 0.2) is 6.20 Å². The van der Waals surface area contributed by atoms with E-state index in [4.69, 9.17) is 16.6 Å². The van der Waals surface area contributed by atoms with Gasteiger partial charge in [-0.2, -0.15) is 0 Å². The van der Waals surface area contributed by atoms with E-state index in [0.717, 1.165) is 11.3 Å². The van der Waals surface area contributed by atoms with E-state index >= 15 is 0 Å². The number of carbonyl (C=O) groups is 1. The summed E-state index contributed by atoms with van der Waals surface area (Å²) in [6.45, 7) is -0.119. The largest absolute Gasteiger partial charge is 0.477 e. The molecule has 0 aliphatic carbocycles. The van der Waals surface area contributed by atoms with Crippen molar-refractivity contribution in [1.82, 2.24) is 4.98 Å². The summed E-state index contributed by atoms with van der Waals surface area (Å²) in [6.07, 6.45) is 6.72. The minimum atomic E-state index is -1.02. The number of carboxylic acids is 1. The molecule has 15 heavy (non-hydrogen) atoms. The molecule has 0 aliphatic heterocycles. The zero-order valence-corrected chi connectivity index (χ0v) is 8.62. The second kappa shape index (κ2) is 5.34. The highest BCUT2D eigenvalue weighted by atomic mass is 32.1. The summed E-state index contributed by atoms with van der Waals surface area (Å²) < 4.78 is 0. The second-order valence-electron chi connectivity index (χ2n) is 2.77. The van der Waals surface area contributed by atoms with Crippen molar-refractivity contribution >= 4 is 22.4 Å². The number of carboxylic acid groups (broad SMARTS) is 1. The Bertz CT molecular complexity index is 383. The number of aliphatic hydroxyl groups is 1. The van der Waals surface area contributed by atoms with Gasteiger partial charge < -0.3 is 15.5 Å². The van der Waals surface area contributed by atoms with Gasteiger partial charge in [-0.05, 0) is 0 Å². The number of aromatic nitrogens is 1. The summed E-state index contributed by atoms with van der Waals surface area (Å²) in [4.78, 5) is 14.6. The Labute approximate surface area is 90.8 Å². The molecule has 6 heteroatoms. The van der Waals surface area contributed by atoms with E-state index in [1.165, 1.54) is 6.20 Å². The molecule has 0 radical (unpaired) electrons. The average molecular weight is 226 g/mol. The van der Waals surface area contributed by atoms with Gasteiger partial charge in [-0.1, -0.05) is 11.3 Å². The molecular weight excluding hydrogens is 216 g/mol. The van der Waals surface area contributed by atoms with Gasteiger partial charge in [0, 0.05) is 6.42 Å². The molecule has 0 saturated heterocycles. The molecule has 0 amide bonds. The van der Waals surface area contributed by atoms with Crippen LogP contribution < -0.4 is 5.32 Å². The van der Waals surface area contributed by atoms with Gasteiger partial charge >= 0.3 is 5.97 Å². The number of terminal acetylenes is 1. The van der Waals surface area contributed by atoms with Gasteiger partial charge in [0.2, 0.25) is 0 Å². The van der Waals surface area contributed by atoms with Crippen molar-refractivity contribution in [2.24, 2.45) is 0 Å². The van der Waals surface area contributed by atoms with E-state index in [2.05, 4.69) is 16.2 Å². The van der Waals surface area contributed by atoms with Crippen LogP contribution in [0.25, 0.3) is 0 Å². The van der Waals surface area contributed by atoms with Crippen molar-refractivity contribution < 1.29 is 15.0 Å². The molecule has 0 aliphatic rings. The predicted molar refractivity (Wildman–Crippen MR) is 57.0 cm³/mol. The highest BCUT2D eigenvalue weighted by Crippen LogP contribution is 2.18. The number of aliphatic hydroxyl groups excluding tert-OH is 1. The number of anilines is 1. The number of thiazole rings is 1. The molecule has 1 aromatic rings. The maximum absolute atomic E-state index is 10.6. The van der Waals surface area contributed by atoms with Crippen LogP contribution in [0, 0.1) is 12.3 Å². The zero-order valence-electron chi connectivity index (χ0n) is 7.80. The van der Waals surface area contributed by atoms with E-state index in [1.54, 1.807) is 0 Å². The SMILES string of the molecule is C#CCC(CO)Nc1ncc(C(=O)O)s1. The van der Waals surface area contributed by atoms with Crippen LogP contribution >= 0.6 is 11.3 Å². The first-order valence-electron chi connectivity index (χ1n) is 4.17. The Kier molecular flexibility index (Phi) is 4.09. The summed E-state index contributed by atoms with van der Waals surface area (Å²) in [7, 11) is 0. The quantitative estimate of drug-likeness (QED) is 0.642. The Balaban J connectivity index is 2.64. The predicted octanol–water partition coefficient (Wildman–Crippen LogP) is 0.637. The fraction of sp³-hybridized carbons (Fsp3) is 0.333. The van der Waals surface area contributed by atoms with Crippen LogP contribution in [-0.4, -0.2) is 33.8 Å². The highest BCUT2D eigenvalue weighted by Gasteiger charge is 2.11. The molecule has 5 nitrogen and oxygen atoms in total. The minimum absolute atomic E-state index is 0.119. The molecule has 80 valence electrons. The molecule has 1 atom stereocenters. The number of rotatable bonds is 5. The van der Waals surface area contributed by atoms with Crippen molar-refractivity contribution in [1.29, 1.82) is 0 Å². The number of aromatic carboxylic acids is 1. The van der Waals surface area contributed by atoms with Gasteiger partial charge in [-0.15, -0.1) is 12.3 Å². The normalized spacial score (nSPS) is 11.7. The summed E-state index contributed by atoms with van der Waals surface area (Å²) in [5, 5.41) is 20.9. The summed E-state index contributed by atoms with van der Waals surface area (Å²) >= 11 is 1.01. The second-order valence-corrected chi connectivity index (χ2v) is 3.80. The molecule has 1 aromatic heterocycles. The molecule has 1 unspecified atom stereocenters. The van der Waals surface area contributed by atoms with Gasteiger partial charge in [0.05, 0.1) is 18.8 Å². The fourth-order valence-electron chi connectivity index (χ4n) is 0.918. The number of hydrogen-bond acceptors (Lipinski definition) is 5. The standard InChI is InChI=1S/C9H10N2O3S/c1-2-3-6(5-12)11-9-10-4-7(15-9)8(13)14/h1,4,6,12H,3,5H2,(H,10,11)(H,13,14). The van der Waals surface area contributed by atoms with Crippen LogP contribution in [0.3, 0.4) is 0 Å². The number of hydrogen-bond donors (Lipinski definition) is 3. The Hall–Kier alpha value is -1.58. The zero-order chi connectivity index (χ0) is 11.3. The lowest BCUT2D eigenvalue weighted by Gasteiger charge is -2.11. The summed E-state index contributed by atoms with van der Waals surface area (Å²) in [6, 6.07) is -0.289. The summed E-state index contributed by atoms with van der Waals surface area (Å²) in [5.74, 6) is 1.39. The van der Waals surface area contributed by atoms with Gasteiger partial charge in [-0.25, -0.2) is 9.78 Å². The molecule has 0 aromatic carbocycles. The average Bonchev–Trinajstić information content (AvgIpc) is 2.65. The van der Waals surface area contributed by atoms with Gasteiger partial charge in [0.15, 0.2) is 5.13 Å². The van der Waals surface area contributed by atoms with E-state index in [1.807, 2.05) is 0 Å². The first-order valence-corrected chi connectivity index (χ1v) is 4.99. The van der Waals surface area contributed by atoms with Crippen LogP contribution in [0.2, 0.25) is 0 Å². The molecule has 0 saturated carbocycles. The van der Waals surface area contributed by atoms with Crippen LogP contribution in [0.1, 0.15) is 16.1 Å². The molecule has 1 rings (SSSR count). The van der Waals surface area contributed by atoms with E-state index < -0.39 is 5.97 Å². The lowest BCUT2D eigenvalue weighted by molar-refractivity contribution is 0.0702. The van der Waals surface area contributed by atoms with Crippen LogP contribution in [0.4, 0.5) is 5.13 Å². The number of nitrogens with zero attached hydrogens (tertiary/aromatic N) is 1. The molecule has 0 bridgehead atoms. The minimum Gasteiger partial charge on any atom is -0.477 e. The third-order valence-electron chi connectivity index (χ3n) is 1.63. The Morgan fingerprint density at radius 3 is 3.00 bits per heavy atom. The van der Waals surface area contributed by atoms with E-state index in [-0.39, 0.29) is 17.5 Å². The number of nitrogens with one attached hydrogen (secondary N) is 1. The molecule has 0 fully saturated rings. The lowest BCUT2D eigenvalue weighted by Crippen LogP contribution is -2.22. The fourth-order valence-corrected chi connectivity index (χ4v) is 1.65. The third kappa shape index (κ3) is 3.23. The summed E-state index contributed by atoms with van der Waals surface area (Å²) in [5.41, 5.74) is 0. The molecule has 0 spiro atoms. The Morgan fingerprint density at radius 1 is 1.80 bits per heavy atom. The topological polar surface area (TPSA) is 82.5 Å². The highest BCUT2D eigenvalue weighted by molar-refractivity contribution is 7.17. The third-order valence-corrected chi connectivity index (χ3v) is 2.55. The Morgan fingerprint density at radius 2 is 2.53 bits per heavy atom. The van der Waals surface area contributed by atoms with Gasteiger partial charge in [0.25, 0.3) is 0 Å². The molecule has 1 heterocycles. The van der Waals surface area contributed by atoms with Crippen molar-refractivity contribution in [2.45, 2.75) is 12.5 Å². The van der Waals surface area contributed by atoms with Crippen molar-refractivity contribution in [3.05, 3.63) is 11.1 Å². The van der Waals surface area contributed by atoms with E-state index in [9.17, 15) is 4.79 Å². The molecule has 3 N–H and O–H groups in total. The first-order chi connectivity index (χ1) is 7.17. The van der Waals surface area contributed by atoms with Crippen molar-refractivity contribution in [3.8, 4) is 12.3 Å². The maximum Gasteiger partial charge on any atom is 0.347 e. The monoisotopic (exact) mass is 226 g/mol. The molecular formula is C9H10N2O3S. The maximum atomic E-state index is 10.6.